The van der Waals surface area contributed by atoms with Crippen LogP contribution < -0.4 is 5.32 Å². The Morgan fingerprint density at radius 1 is 1.15 bits per heavy atom. The highest BCUT2D eigenvalue weighted by Crippen LogP contribution is 2.46. The molecular weight excluding hydrogens is 451 g/mol. The van der Waals surface area contributed by atoms with Crippen LogP contribution in [0.15, 0.2) is 64.3 Å². The van der Waals surface area contributed by atoms with Crippen LogP contribution in [0.25, 0.3) is 0 Å². The van der Waals surface area contributed by atoms with Gasteiger partial charge >= 0.3 is 12.1 Å². The molecule has 0 radical (unpaired) electrons. The SMILES string of the molecule is CC1=C(C(=O)OC(C)C)C(c2ccc(C(F)(F)F)cc2)C2=C(CC(c3cccs3)CC2=O)N1. The first-order chi connectivity index (χ1) is 15.6. The molecule has 33 heavy (non-hydrogen) atoms. The van der Waals surface area contributed by atoms with Crippen molar-refractivity contribution in [2.75, 3.05) is 0 Å². The van der Waals surface area contributed by atoms with Gasteiger partial charge in [-0.15, -0.1) is 11.3 Å². The highest BCUT2D eigenvalue weighted by Gasteiger charge is 2.42. The van der Waals surface area contributed by atoms with Gasteiger partial charge in [-0.05, 0) is 56.3 Å². The second-order valence-corrected chi connectivity index (χ2v) is 9.59. The number of alkyl halides is 3. The van der Waals surface area contributed by atoms with Crippen LogP contribution in [0.3, 0.4) is 0 Å². The molecule has 0 saturated heterocycles. The van der Waals surface area contributed by atoms with Crippen molar-refractivity contribution in [2.45, 2.75) is 57.7 Å². The number of allylic oxidation sites excluding steroid dienone is 3. The molecule has 2 heterocycles. The fourth-order valence-electron chi connectivity index (χ4n) is 4.51. The van der Waals surface area contributed by atoms with Crippen molar-refractivity contribution in [3.8, 4) is 0 Å². The van der Waals surface area contributed by atoms with E-state index in [-0.39, 0.29) is 29.8 Å². The number of hydrogen-bond donors (Lipinski definition) is 1. The average molecular weight is 476 g/mol. The number of Topliss-reactive ketones (excluding diaryl/α,β-unsaturated/α-hetero) is 1. The zero-order valence-electron chi connectivity index (χ0n) is 18.5. The molecule has 1 aliphatic heterocycles. The lowest BCUT2D eigenvalue weighted by atomic mass is 9.72. The lowest BCUT2D eigenvalue weighted by Crippen LogP contribution is -2.36. The molecule has 2 atom stereocenters. The number of hydrogen-bond acceptors (Lipinski definition) is 5. The Morgan fingerprint density at radius 3 is 2.42 bits per heavy atom. The number of ketones is 1. The van der Waals surface area contributed by atoms with Crippen LogP contribution >= 0.6 is 11.3 Å². The summed E-state index contributed by atoms with van der Waals surface area (Å²) in [5, 5.41) is 5.21. The van der Waals surface area contributed by atoms with Gasteiger partial charge in [-0.1, -0.05) is 18.2 Å². The van der Waals surface area contributed by atoms with Gasteiger partial charge in [-0.3, -0.25) is 4.79 Å². The topological polar surface area (TPSA) is 55.4 Å². The number of nitrogens with one attached hydrogen (secondary N) is 1. The van der Waals surface area contributed by atoms with E-state index in [9.17, 15) is 22.8 Å². The molecule has 2 aromatic rings. The number of esters is 1. The minimum Gasteiger partial charge on any atom is -0.460 e. The molecule has 4 rings (SSSR count). The Morgan fingerprint density at radius 2 is 1.85 bits per heavy atom. The van der Waals surface area contributed by atoms with Crippen LogP contribution in [0.2, 0.25) is 0 Å². The largest absolute Gasteiger partial charge is 0.460 e. The molecule has 0 fully saturated rings. The van der Waals surface area contributed by atoms with Crippen LogP contribution in [0.1, 0.15) is 61.5 Å². The predicted octanol–water partition coefficient (Wildman–Crippen LogP) is 6.08. The number of benzene rings is 1. The normalized spacial score (nSPS) is 21.2. The number of dihydropyridines is 1. The quantitative estimate of drug-likeness (QED) is 0.545. The molecule has 4 nitrogen and oxygen atoms in total. The van der Waals surface area contributed by atoms with Crippen molar-refractivity contribution in [3.63, 3.8) is 0 Å². The van der Waals surface area contributed by atoms with Crippen LogP contribution in [-0.2, 0) is 20.5 Å². The summed E-state index contributed by atoms with van der Waals surface area (Å²) in [6, 6.07) is 8.60. The van der Waals surface area contributed by atoms with E-state index in [0.29, 0.717) is 29.0 Å². The average Bonchev–Trinajstić information content (AvgIpc) is 3.26. The molecule has 1 N–H and O–H groups in total. The van der Waals surface area contributed by atoms with E-state index in [0.717, 1.165) is 17.0 Å². The van der Waals surface area contributed by atoms with Crippen LogP contribution in [0.5, 0.6) is 0 Å². The van der Waals surface area contributed by atoms with E-state index >= 15 is 0 Å². The predicted molar refractivity (Wildman–Crippen MR) is 120 cm³/mol. The summed E-state index contributed by atoms with van der Waals surface area (Å²) >= 11 is 1.59. The number of carbonyl (C=O) groups is 2. The first kappa shape index (κ1) is 23.3. The third-order valence-electron chi connectivity index (χ3n) is 5.91. The Kier molecular flexibility index (Phi) is 6.22. The molecule has 1 aliphatic carbocycles. The molecule has 2 aliphatic rings. The minimum absolute atomic E-state index is 0.0222. The highest BCUT2D eigenvalue weighted by atomic mass is 32.1. The fourth-order valence-corrected chi connectivity index (χ4v) is 5.34. The van der Waals surface area contributed by atoms with Gasteiger partial charge in [0.25, 0.3) is 0 Å². The standard InChI is InChI=1S/C25H24F3NO3S/c1-13(2)32-24(31)21-14(3)29-18-11-16(20-5-4-10-33-20)12-19(30)23(18)22(21)15-6-8-17(9-7-15)25(26,27)28/h4-10,13,16,22,29H,11-12H2,1-3H3. The van der Waals surface area contributed by atoms with Gasteiger partial charge in [0.1, 0.15) is 0 Å². The number of rotatable bonds is 4. The molecule has 0 bridgehead atoms. The van der Waals surface area contributed by atoms with Crippen LogP contribution in [-0.4, -0.2) is 17.9 Å². The van der Waals surface area contributed by atoms with Crippen molar-refractivity contribution in [2.24, 2.45) is 0 Å². The summed E-state index contributed by atoms with van der Waals surface area (Å²) < 4.78 is 44.8. The first-order valence-electron chi connectivity index (χ1n) is 10.7. The summed E-state index contributed by atoms with van der Waals surface area (Å²) in [5.41, 5.74) is 1.62. The summed E-state index contributed by atoms with van der Waals surface area (Å²) in [5.74, 6) is -1.46. The highest BCUT2D eigenvalue weighted by molar-refractivity contribution is 7.10. The van der Waals surface area contributed by atoms with Gasteiger partial charge in [0.05, 0.1) is 17.2 Å². The Balaban J connectivity index is 1.80. The van der Waals surface area contributed by atoms with Gasteiger partial charge in [-0.2, -0.15) is 13.2 Å². The summed E-state index contributed by atoms with van der Waals surface area (Å²) in [6.45, 7) is 5.18. The van der Waals surface area contributed by atoms with E-state index in [4.69, 9.17) is 4.74 Å². The third-order valence-corrected chi connectivity index (χ3v) is 6.94. The van der Waals surface area contributed by atoms with E-state index < -0.39 is 23.6 Å². The second kappa shape index (κ2) is 8.82. The van der Waals surface area contributed by atoms with Gasteiger partial charge in [0, 0.05) is 40.1 Å². The maximum Gasteiger partial charge on any atom is 0.416 e. The monoisotopic (exact) mass is 475 g/mol. The molecular formula is C25H24F3NO3S. The maximum atomic E-state index is 13.4. The van der Waals surface area contributed by atoms with Crippen molar-refractivity contribution in [1.29, 1.82) is 0 Å². The molecule has 0 amide bonds. The fraction of sp³-hybridized carbons (Fsp3) is 0.360. The maximum absolute atomic E-state index is 13.4. The molecule has 2 unspecified atom stereocenters. The second-order valence-electron chi connectivity index (χ2n) is 8.61. The Hall–Kier alpha value is -2.87. The Bertz CT molecular complexity index is 1130. The molecule has 0 spiro atoms. The Labute approximate surface area is 194 Å². The van der Waals surface area contributed by atoms with Crippen molar-refractivity contribution < 1.29 is 27.5 Å². The van der Waals surface area contributed by atoms with Gasteiger partial charge < -0.3 is 10.1 Å². The molecule has 174 valence electrons. The molecule has 1 aromatic carbocycles. The lowest BCUT2D eigenvalue weighted by molar-refractivity contribution is -0.143. The van der Waals surface area contributed by atoms with Crippen LogP contribution in [0, 0.1) is 0 Å². The van der Waals surface area contributed by atoms with Gasteiger partial charge in [0.2, 0.25) is 0 Å². The number of ether oxygens (including phenoxy) is 1. The number of carbonyl (C=O) groups excluding carboxylic acids is 2. The molecule has 8 heteroatoms. The number of thiophene rings is 1. The van der Waals surface area contributed by atoms with Crippen molar-refractivity contribution in [1.82, 2.24) is 5.32 Å². The zero-order chi connectivity index (χ0) is 23.9. The van der Waals surface area contributed by atoms with Crippen molar-refractivity contribution >= 4 is 23.1 Å². The molecule has 0 saturated carbocycles. The third kappa shape index (κ3) is 4.62. The van der Waals surface area contributed by atoms with Crippen LogP contribution in [0.4, 0.5) is 13.2 Å². The van der Waals surface area contributed by atoms with E-state index in [1.807, 2.05) is 17.5 Å². The smallest absolute Gasteiger partial charge is 0.416 e. The minimum atomic E-state index is -4.48. The van der Waals surface area contributed by atoms with Crippen molar-refractivity contribution in [3.05, 3.63) is 80.3 Å². The van der Waals surface area contributed by atoms with Gasteiger partial charge in [-0.25, -0.2) is 4.79 Å². The van der Waals surface area contributed by atoms with E-state index in [1.165, 1.54) is 12.1 Å². The first-order valence-corrected chi connectivity index (χ1v) is 11.6. The number of halogens is 3. The summed E-state index contributed by atoms with van der Waals surface area (Å²) in [7, 11) is 0. The molecule has 1 aromatic heterocycles. The van der Waals surface area contributed by atoms with Gasteiger partial charge in [0.15, 0.2) is 5.78 Å². The summed E-state index contributed by atoms with van der Waals surface area (Å²) in [4.78, 5) is 27.5. The van der Waals surface area contributed by atoms with E-state index in [2.05, 4.69) is 5.32 Å². The lowest BCUT2D eigenvalue weighted by Gasteiger charge is -2.36. The summed E-state index contributed by atoms with van der Waals surface area (Å²) in [6.07, 6.45) is -3.99. The zero-order valence-corrected chi connectivity index (χ0v) is 19.3. The van der Waals surface area contributed by atoms with E-state index in [1.54, 1.807) is 32.1 Å².